The highest BCUT2D eigenvalue weighted by Gasteiger charge is 2.14. The molecular weight excluding hydrogens is 202 g/mol. The van der Waals surface area contributed by atoms with Crippen molar-refractivity contribution < 1.29 is 4.42 Å². The van der Waals surface area contributed by atoms with E-state index < -0.39 is 0 Å². The largest absolute Gasteiger partial charge is 0.472 e. The summed E-state index contributed by atoms with van der Waals surface area (Å²) >= 11 is 0. The molecule has 0 amide bonds. The summed E-state index contributed by atoms with van der Waals surface area (Å²) in [7, 11) is 0. The van der Waals surface area contributed by atoms with Gasteiger partial charge < -0.3 is 9.32 Å². The molecule has 0 bridgehead atoms. The van der Waals surface area contributed by atoms with Gasteiger partial charge >= 0.3 is 0 Å². The fourth-order valence-corrected chi connectivity index (χ4v) is 2.03. The summed E-state index contributed by atoms with van der Waals surface area (Å²) in [6.45, 7) is 2.20. The van der Waals surface area contributed by atoms with Crippen molar-refractivity contribution in [2.24, 2.45) is 0 Å². The Bertz CT molecular complexity index is 461. The lowest BCUT2D eigenvalue weighted by molar-refractivity contribution is 0.568. The molecular formula is C12H13N3O. The Morgan fingerprint density at radius 3 is 2.81 bits per heavy atom. The van der Waals surface area contributed by atoms with E-state index in [9.17, 15) is 0 Å². The van der Waals surface area contributed by atoms with Crippen LogP contribution in [0.4, 0.5) is 5.82 Å². The molecule has 1 saturated heterocycles. The van der Waals surface area contributed by atoms with Crippen molar-refractivity contribution in [3.63, 3.8) is 0 Å². The lowest BCUT2D eigenvalue weighted by Gasteiger charge is -2.15. The summed E-state index contributed by atoms with van der Waals surface area (Å²) in [5.74, 6) is 1.02. The minimum Gasteiger partial charge on any atom is -0.472 e. The average Bonchev–Trinajstić information content (AvgIpc) is 3.03. The molecule has 4 heteroatoms. The third kappa shape index (κ3) is 1.66. The summed E-state index contributed by atoms with van der Waals surface area (Å²) in [4.78, 5) is 10.9. The zero-order valence-electron chi connectivity index (χ0n) is 8.97. The van der Waals surface area contributed by atoms with Gasteiger partial charge in [0.1, 0.15) is 12.1 Å². The van der Waals surface area contributed by atoms with Crippen LogP contribution in [0.15, 0.2) is 35.4 Å². The predicted octanol–water partition coefficient (Wildman–Crippen LogP) is 2.34. The van der Waals surface area contributed by atoms with Crippen molar-refractivity contribution in [1.29, 1.82) is 0 Å². The van der Waals surface area contributed by atoms with Crippen LogP contribution in [-0.2, 0) is 0 Å². The van der Waals surface area contributed by atoms with Gasteiger partial charge in [0.2, 0.25) is 0 Å². The fraction of sp³-hybridized carbons (Fsp3) is 0.333. The number of aromatic nitrogens is 2. The summed E-state index contributed by atoms with van der Waals surface area (Å²) in [6, 6.07) is 3.94. The maximum absolute atomic E-state index is 5.06. The van der Waals surface area contributed by atoms with Crippen LogP contribution in [-0.4, -0.2) is 23.1 Å². The van der Waals surface area contributed by atoms with E-state index in [1.54, 1.807) is 18.9 Å². The minimum atomic E-state index is 0.922. The monoisotopic (exact) mass is 215 g/mol. The van der Waals surface area contributed by atoms with Crippen LogP contribution < -0.4 is 4.90 Å². The second-order valence-corrected chi connectivity index (χ2v) is 3.97. The molecule has 0 unspecified atom stereocenters. The van der Waals surface area contributed by atoms with Crippen molar-refractivity contribution in [3.05, 3.63) is 31.0 Å². The van der Waals surface area contributed by atoms with Gasteiger partial charge in [0.25, 0.3) is 0 Å². The van der Waals surface area contributed by atoms with Gasteiger partial charge in [-0.1, -0.05) is 0 Å². The van der Waals surface area contributed by atoms with Crippen molar-refractivity contribution in [2.75, 3.05) is 18.0 Å². The van der Waals surface area contributed by atoms with Crippen LogP contribution in [0, 0.1) is 0 Å². The van der Waals surface area contributed by atoms with E-state index in [0.717, 1.165) is 30.2 Å². The molecule has 0 aliphatic carbocycles. The third-order valence-electron chi connectivity index (χ3n) is 2.90. The lowest BCUT2D eigenvalue weighted by Crippen LogP contribution is -2.18. The standard InChI is InChI=1S/C12H13N3O/c1-2-5-15(4-1)12-7-11(13-9-14-12)10-3-6-16-8-10/h3,6-9H,1-2,4-5H2. The van der Waals surface area contributed by atoms with E-state index >= 15 is 0 Å². The first-order valence-electron chi connectivity index (χ1n) is 5.53. The fourth-order valence-electron chi connectivity index (χ4n) is 2.03. The summed E-state index contributed by atoms with van der Waals surface area (Å²) in [5.41, 5.74) is 1.92. The van der Waals surface area contributed by atoms with Crippen LogP contribution in [0.2, 0.25) is 0 Å². The molecule has 3 heterocycles. The first-order chi connectivity index (χ1) is 7.93. The highest BCUT2D eigenvalue weighted by molar-refractivity contribution is 5.61. The van der Waals surface area contributed by atoms with Gasteiger partial charge in [0.05, 0.1) is 18.2 Å². The Labute approximate surface area is 93.9 Å². The molecule has 1 aliphatic heterocycles. The van der Waals surface area contributed by atoms with Crippen molar-refractivity contribution in [2.45, 2.75) is 12.8 Å². The van der Waals surface area contributed by atoms with Crippen LogP contribution in [0.5, 0.6) is 0 Å². The van der Waals surface area contributed by atoms with Crippen LogP contribution >= 0.6 is 0 Å². The number of furan rings is 1. The van der Waals surface area contributed by atoms with Crippen LogP contribution in [0.1, 0.15) is 12.8 Å². The van der Waals surface area contributed by atoms with Gasteiger partial charge in [-0.3, -0.25) is 0 Å². The van der Waals surface area contributed by atoms with Gasteiger partial charge in [-0.25, -0.2) is 9.97 Å². The van der Waals surface area contributed by atoms with E-state index in [0.29, 0.717) is 0 Å². The highest BCUT2D eigenvalue weighted by Crippen LogP contribution is 2.23. The maximum atomic E-state index is 5.06. The van der Waals surface area contributed by atoms with Crippen molar-refractivity contribution in [3.8, 4) is 11.3 Å². The first-order valence-corrected chi connectivity index (χ1v) is 5.53. The van der Waals surface area contributed by atoms with E-state index in [1.165, 1.54) is 12.8 Å². The molecule has 0 spiro atoms. The summed E-state index contributed by atoms with van der Waals surface area (Å²) < 4.78 is 5.06. The average molecular weight is 215 g/mol. The van der Waals surface area contributed by atoms with E-state index in [2.05, 4.69) is 14.9 Å². The Balaban J connectivity index is 1.93. The van der Waals surface area contributed by atoms with Gasteiger partial charge in [-0.2, -0.15) is 0 Å². The van der Waals surface area contributed by atoms with E-state index in [4.69, 9.17) is 4.42 Å². The predicted molar refractivity (Wildman–Crippen MR) is 61.2 cm³/mol. The van der Waals surface area contributed by atoms with Gasteiger partial charge in [-0.05, 0) is 18.9 Å². The zero-order chi connectivity index (χ0) is 10.8. The van der Waals surface area contributed by atoms with Gasteiger partial charge in [0.15, 0.2) is 0 Å². The highest BCUT2D eigenvalue weighted by atomic mass is 16.3. The molecule has 0 aromatic carbocycles. The second-order valence-electron chi connectivity index (χ2n) is 3.97. The van der Waals surface area contributed by atoms with Gasteiger partial charge in [-0.15, -0.1) is 0 Å². The number of rotatable bonds is 2. The number of nitrogens with zero attached hydrogens (tertiary/aromatic N) is 3. The number of hydrogen-bond acceptors (Lipinski definition) is 4. The second kappa shape index (κ2) is 3.96. The summed E-state index contributed by atoms with van der Waals surface area (Å²) in [5, 5.41) is 0. The smallest absolute Gasteiger partial charge is 0.132 e. The quantitative estimate of drug-likeness (QED) is 0.771. The molecule has 4 nitrogen and oxygen atoms in total. The molecule has 0 radical (unpaired) electrons. The minimum absolute atomic E-state index is 0.922. The third-order valence-corrected chi connectivity index (χ3v) is 2.90. The summed E-state index contributed by atoms with van der Waals surface area (Å²) in [6.07, 6.45) is 7.50. The maximum Gasteiger partial charge on any atom is 0.132 e. The Morgan fingerprint density at radius 2 is 2.06 bits per heavy atom. The molecule has 0 N–H and O–H groups in total. The molecule has 82 valence electrons. The molecule has 3 rings (SSSR count). The van der Waals surface area contributed by atoms with Gasteiger partial charge in [0, 0.05) is 24.7 Å². The molecule has 1 aliphatic rings. The first kappa shape index (κ1) is 9.39. The molecule has 0 atom stereocenters. The van der Waals surface area contributed by atoms with E-state index in [-0.39, 0.29) is 0 Å². The zero-order valence-corrected chi connectivity index (χ0v) is 8.97. The Hall–Kier alpha value is -1.84. The molecule has 2 aromatic heterocycles. The molecule has 0 saturated carbocycles. The van der Waals surface area contributed by atoms with Crippen molar-refractivity contribution >= 4 is 5.82 Å². The number of hydrogen-bond donors (Lipinski definition) is 0. The molecule has 2 aromatic rings. The van der Waals surface area contributed by atoms with E-state index in [1.807, 2.05) is 12.1 Å². The normalized spacial score (nSPS) is 15.6. The SMILES string of the molecule is c1nc(-c2ccoc2)cc(N2CCCC2)n1. The Morgan fingerprint density at radius 1 is 1.19 bits per heavy atom. The molecule has 16 heavy (non-hydrogen) atoms. The number of anilines is 1. The molecule has 1 fully saturated rings. The lowest BCUT2D eigenvalue weighted by atomic mass is 10.2. The van der Waals surface area contributed by atoms with Crippen LogP contribution in [0.25, 0.3) is 11.3 Å². The topological polar surface area (TPSA) is 42.2 Å². The van der Waals surface area contributed by atoms with Crippen molar-refractivity contribution in [1.82, 2.24) is 9.97 Å². The van der Waals surface area contributed by atoms with Crippen LogP contribution in [0.3, 0.4) is 0 Å². The Kier molecular flexibility index (Phi) is 2.33.